The molecule has 0 atom stereocenters. The van der Waals surface area contributed by atoms with Crippen molar-refractivity contribution in [2.75, 3.05) is 0 Å². The maximum Gasteiger partial charge on any atom is 0.271 e. The molecular formula is C24H26N4O. The number of benzene rings is 2. The van der Waals surface area contributed by atoms with Gasteiger partial charge in [-0.2, -0.15) is 10.2 Å². The Hall–Kier alpha value is -3.47. The van der Waals surface area contributed by atoms with Crippen LogP contribution in [-0.2, 0) is 6.54 Å². The Kier molecular flexibility index (Phi) is 6.74. The SMILES string of the molecule is CC(/C=N\NC(=O)c1cccc(Cn2cccn2)c1)=C/c1ccc(C(C)C)cc1. The summed E-state index contributed by atoms with van der Waals surface area (Å²) in [6.45, 7) is 6.93. The lowest BCUT2D eigenvalue weighted by atomic mass is 10.0. The molecule has 1 heterocycles. The second kappa shape index (κ2) is 9.64. The molecule has 0 radical (unpaired) electrons. The summed E-state index contributed by atoms with van der Waals surface area (Å²) in [5.41, 5.74) is 7.54. The van der Waals surface area contributed by atoms with Gasteiger partial charge in [-0.25, -0.2) is 5.43 Å². The Bertz CT molecular complexity index is 1000. The number of hydrogen-bond donors (Lipinski definition) is 1. The number of allylic oxidation sites excluding steroid dienone is 1. The first kappa shape index (κ1) is 20.3. The topological polar surface area (TPSA) is 59.3 Å². The van der Waals surface area contributed by atoms with Crippen molar-refractivity contribution in [1.29, 1.82) is 0 Å². The molecule has 0 aliphatic rings. The zero-order chi connectivity index (χ0) is 20.6. The van der Waals surface area contributed by atoms with Crippen LogP contribution in [-0.4, -0.2) is 21.9 Å². The maximum absolute atomic E-state index is 12.4. The number of amides is 1. The van der Waals surface area contributed by atoms with Crippen LogP contribution in [0.25, 0.3) is 6.08 Å². The van der Waals surface area contributed by atoms with Crippen LogP contribution in [0.3, 0.4) is 0 Å². The van der Waals surface area contributed by atoms with E-state index >= 15 is 0 Å². The van der Waals surface area contributed by atoms with E-state index in [2.05, 4.69) is 53.7 Å². The van der Waals surface area contributed by atoms with E-state index < -0.39 is 0 Å². The zero-order valence-electron chi connectivity index (χ0n) is 17.0. The number of nitrogens with zero attached hydrogens (tertiary/aromatic N) is 3. The minimum Gasteiger partial charge on any atom is -0.268 e. The monoisotopic (exact) mass is 386 g/mol. The Morgan fingerprint density at radius 3 is 2.66 bits per heavy atom. The largest absolute Gasteiger partial charge is 0.271 e. The van der Waals surface area contributed by atoms with Gasteiger partial charge in [0.1, 0.15) is 0 Å². The number of aromatic nitrogens is 2. The normalized spacial score (nSPS) is 11.9. The molecule has 0 aliphatic heterocycles. The first-order chi connectivity index (χ1) is 14.0. The fraction of sp³-hybridized carbons (Fsp3) is 0.208. The van der Waals surface area contributed by atoms with Crippen LogP contribution >= 0.6 is 0 Å². The molecular weight excluding hydrogens is 360 g/mol. The molecule has 0 saturated carbocycles. The van der Waals surface area contributed by atoms with Crippen LogP contribution < -0.4 is 5.43 Å². The molecule has 1 N–H and O–H groups in total. The van der Waals surface area contributed by atoms with Gasteiger partial charge in [-0.3, -0.25) is 9.48 Å². The Morgan fingerprint density at radius 2 is 1.97 bits per heavy atom. The highest BCUT2D eigenvalue weighted by Gasteiger charge is 2.05. The van der Waals surface area contributed by atoms with Crippen LogP contribution in [0, 0.1) is 0 Å². The number of hydrazone groups is 1. The highest BCUT2D eigenvalue weighted by molar-refractivity contribution is 5.95. The number of carbonyl (C=O) groups excluding carboxylic acids is 1. The van der Waals surface area contributed by atoms with Crippen molar-refractivity contribution >= 4 is 18.2 Å². The van der Waals surface area contributed by atoms with Gasteiger partial charge in [-0.1, -0.05) is 56.3 Å². The molecule has 0 bridgehead atoms. The van der Waals surface area contributed by atoms with Crippen molar-refractivity contribution in [1.82, 2.24) is 15.2 Å². The van der Waals surface area contributed by atoms with Crippen LogP contribution in [0.4, 0.5) is 0 Å². The van der Waals surface area contributed by atoms with Crippen molar-refractivity contribution in [3.63, 3.8) is 0 Å². The highest BCUT2D eigenvalue weighted by Crippen LogP contribution is 2.16. The molecule has 29 heavy (non-hydrogen) atoms. The Labute approximate surface area is 171 Å². The van der Waals surface area contributed by atoms with Crippen molar-refractivity contribution in [2.45, 2.75) is 33.2 Å². The number of rotatable bonds is 7. The van der Waals surface area contributed by atoms with Crippen molar-refractivity contribution in [3.05, 3.63) is 94.8 Å². The summed E-state index contributed by atoms with van der Waals surface area (Å²) in [6, 6.07) is 17.8. The van der Waals surface area contributed by atoms with Gasteiger partial charge in [0.15, 0.2) is 0 Å². The predicted octanol–water partition coefficient (Wildman–Crippen LogP) is 4.87. The average Bonchev–Trinajstić information content (AvgIpc) is 3.21. The molecule has 0 unspecified atom stereocenters. The zero-order valence-corrected chi connectivity index (χ0v) is 17.0. The van der Waals surface area contributed by atoms with E-state index in [0.717, 1.165) is 16.7 Å². The van der Waals surface area contributed by atoms with Crippen LogP contribution in [0.15, 0.2) is 77.7 Å². The third-order valence-electron chi connectivity index (χ3n) is 4.52. The summed E-state index contributed by atoms with van der Waals surface area (Å²) in [7, 11) is 0. The average molecular weight is 386 g/mol. The summed E-state index contributed by atoms with van der Waals surface area (Å²) in [5.74, 6) is 0.279. The lowest BCUT2D eigenvalue weighted by Crippen LogP contribution is -2.18. The molecule has 5 nitrogen and oxygen atoms in total. The number of carbonyl (C=O) groups is 1. The van der Waals surface area contributed by atoms with Gasteiger partial charge in [0, 0.05) is 18.0 Å². The van der Waals surface area contributed by atoms with Crippen LogP contribution in [0.5, 0.6) is 0 Å². The quantitative estimate of drug-likeness (QED) is 0.465. The Balaban J connectivity index is 1.58. The van der Waals surface area contributed by atoms with E-state index in [1.165, 1.54) is 5.56 Å². The van der Waals surface area contributed by atoms with Crippen molar-refractivity contribution in [2.24, 2.45) is 5.10 Å². The summed E-state index contributed by atoms with van der Waals surface area (Å²) in [5, 5.41) is 8.27. The molecule has 2 aromatic carbocycles. The number of nitrogens with one attached hydrogen (secondary N) is 1. The predicted molar refractivity (Wildman–Crippen MR) is 118 cm³/mol. The molecule has 1 amide bonds. The van der Waals surface area contributed by atoms with E-state index in [1.807, 2.05) is 48.1 Å². The molecule has 3 rings (SSSR count). The standard InChI is InChI=1S/C24H26N4O/c1-18(2)22-10-8-20(9-11-22)14-19(3)16-25-27-24(29)23-7-4-6-21(15-23)17-28-13-5-12-26-28/h4-16,18H,17H2,1-3H3,(H,27,29)/b19-14-,25-16-. The summed E-state index contributed by atoms with van der Waals surface area (Å²) < 4.78 is 1.82. The van der Waals surface area contributed by atoms with Crippen molar-refractivity contribution < 1.29 is 4.79 Å². The number of hydrogen-bond acceptors (Lipinski definition) is 3. The first-order valence-corrected chi connectivity index (χ1v) is 9.69. The van der Waals surface area contributed by atoms with Crippen molar-refractivity contribution in [3.8, 4) is 0 Å². The van der Waals surface area contributed by atoms with Gasteiger partial charge >= 0.3 is 0 Å². The lowest BCUT2D eigenvalue weighted by Gasteiger charge is -2.05. The molecule has 148 valence electrons. The van der Waals surface area contributed by atoms with Gasteiger partial charge in [-0.05, 0) is 53.3 Å². The van der Waals surface area contributed by atoms with Gasteiger partial charge in [0.05, 0.1) is 12.8 Å². The minimum absolute atomic E-state index is 0.238. The molecule has 5 heteroatoms. The molecule has 0 saturated heterocycles. The fourth-order valence-electron chi connectivity index (χ4n) is 2.93. The van der Waals surface area contributed by atoms with Crippen LogP contribution in [0.2, 0.25) is 0 Å². The maximum atomic E-state index is 12.4. The molecule has 1 aromatic heterocycles. The van der Waals surface area contributed by atoms with Gasteiger partial charge in [0.25, 0.3) is 5.91 Å². The summed E-state index contributed by atoms with van der Waals surface area (Å²) in [4.78, 5) is 12.4. The molecule has 0 spiro atoms. The third-order valence-corrected chi connectivity index (χ3v) is 4.52. The highest BCUT2D eigenvalue weighted by atomic mass is 16.2. The first-order valence-electron chi connectivity index (χ1n) is 9.69. The molecule has 3 aromatic rings. The van der Waals surface area contributed by atoms with E-state index in [-0.39, 0.29) is 5.91 Å². The summed E-state index contributed by atoms with van der Waals surface area (Å²) >= 11 is 0. The fourth-order valence-corrected chi connectivity index (χ4v) is 2.93. The van der Waals surface area contributed by atoms with E-state index in [0.29, 0.717) is 18.0 Å². The minimum atomic E-state index is -0.238. The molecule has 0 fully saturated rings. The smallest absolute Gasteiger partial charge is 0.268 e. The van der Waals surface area contributed by atoms with E-state index in [9.17, 15) is 4.79 Å². The van der Waals surface area contributed by atoms with Gasteiger partial charge < -0.3 is 0 Å². The lowest BCUT2D eigenvalue weighted by molar-refractivity contribution is 0.0955. The summed E-state index contributed by atoms with van der Waals surface area (Å²) in [6.07, 6.45) is 7.31. The van der Waals surface area contributed by atoms with Crippen LogP contribution in [0.1, 0.15) is 53.7 Å². The second-order valence-corrected chi connectivity index (χ2v) is 7.31. The van der Waals surface area contributed by atoms with Gasteiger partial charge in [-0.15, -0.1) is 0 Å². The Morgan fingerprint density at radius 1 is 1.17 bits per heavy atom. The van der Waals surface area contributed by atoms with E-state index in [4.69, 9.17) is 0 Å². The second-order valence-electron chi connectivity index (χ2n) is 7.31. The molecule has 0 aliphatic carbocycles. The third kappa shape index (κ3) is 6.01. The van der Waals surface area contributed by atoms with E-state index in [1.54, 1.807) is 18.5 Å². The van der Waals surface area contributed by atoms with Gasteiger partial charge in [0.2, 0.25) is 0 Å².